The molecule has 18 heavy (non-hydrogen) atoms. The quantitative estimate of drug-likeness (QED) is 0.605. The molecular formula is C14H28N2O2. The van der Waals surface area contributed by atoms with Crippen LogP contribution >= 0.6 is 0 Å². The number of methoxy groups -OCH3 is 1. The second kappa shape index (κ2) is 8.48. The monoisotopic (exact) mass is 256 g/mol. The molecule has 1 saturated carbocycles. The molecule has 1 atom stereocenters. The Morgan fingerprint density at radius 1 is 1.39 bits per heavy atom. The van der Waals surface area contributed by atoms with E-state index in [9.17, 15) is 4.79 Å². The number of carbonyl (C=O) groups is 1. The summed E-state index contributed by atoms with van der Waals surface area (Å²) in [5.41, 5.74) is 0. The zero-order valence-electron chi connectivity index (χ0n) is 12.1. The topological polar surface area (TPSA) is 41.6 Å². The molecular weight excluding hydrogens is 228 g/mol. The number of ether oxygens (including phenoxy) is 1. The second-order valence-electron chi connectivity index (χ2n) is 5.09. The Hall–Kier alpha value is -0.610. The highest BCUT2D eigenvalue weighted by Crippen LogP contribution is 2.20. The van der Waals surface area contributed by atoms with Gasteiger partial charge in [-0.15, -0.1) is 0 Å². The van der Waals surface area contributed by atoms with Gasteiger partial charge in [0.05, 0.1) is 7.11 Å². The van der Waals surface area contributed by atoms with E-state index in [-0.39, 0.29) is 12.0 Å². The molecule has 0 spiro atoms. The summed E-state index contributed by atoms with van der Waals surface area (Å²) >= 11 is 0. The molecule has 0 aliphatic heterocycles. The lowest BCUT2D eigenvalue weighted by atomic mass is 10.2. The smallest absolute Gasteiger partial charge is 0.322 e. The van der Waals surface area contributed by atoms with Crippen molar-refractivity contribution in [3.8, 4) is 0 Å². The lowest BCUT2D eigenvalue weighted by Crippen LogP contribution is -2.42. The summed E-state index contributed by atoms with van der Waals surface area (Å²) in [4.78, 5) is 14.1. The molecule has 1 fully saturated rings. The highest BCUT2D eigenvalue weighted by atomic mass is 16.5. The average molecular weight is 256 g/mol. The fraction of sp³-hybridized carbons (Fsp3) is 0.929. The molecule has 0 heterocycles. The minimum atomic E-state index is -0.127. The van der Waals surface area contributed by atoms with Crippen LogP contribution in [0.2, 0.25) is 0 Å². The molecule has 4 heteroatoms. The second-order valence-corrected chi connectivity index (χ2v) is 5.09. The number of rotatable bonds is 10. The molecule has 0 aromatic rings. The Labute approximate surface area is 111 Å². The van der Waals surface area contributed by atoms with Crippen molar-refractivity contribution in [3.05, 3.63) is 0 Å². The van der Waals surface area contributed by atoms with E-state index < -0.39 is 0 Å². The van der Waals surface area contributed by atoms with Crippen molar-refractivity contribution in [2.75, 3.05) is 26.7 Å². The van der Waals surface area contributed by atoms with Crippen LogP contribution in [0.15, 0.2) is 0 Å². The fourth-order valence-electron chi connectivity index (χ4n) is 2.07. The first kappa shape index (κ1) is 15.4. The molecule has 1 N–H and O–H groups in total. The molecule has 1 aliphatic rings. The van der Waals surface area contributed by atoms with Crippen molar-refractivity contribution in [2.24, 2.45) is 0 Å². The zero-order chi connectivity index (χ0) is 13.4. The fourth-order valence-corrected chi connectivity index (χ4v) is 2.07. The molecule has 0 bridgehead atoms. The van der Waals surface area contributed by atoms with Gasteiger partial charge in [0.2, 0.25) is 0 Å². The van der Waals surface area contributed by atoms with E-state index in [4.69, 9.17) is 4.74 Å². The Morgan fingerprint density at radius 3 is 2.61 bits per heavy atom. The third-order valence-electron chi connectivity index (χ3n) is 3.51. The molecule has 106 valence electrons. The summed E-state index contributed by atoms with van der Waals surface area (Å²) in [6.07, 6.45) is 5.69. The van der Waals surface area contributed by atoms with Crippen LogP contribution in [-0.2, 0) is 9.53 Å². The number of hydrogen-bond acceptors (Lipinski definition) is 4. The van der Waals surface area contributed by atoms with E-state index in [1.54, 1.807) is 0 Å². The van der Waals surface area contributed by atoms with Gasteiger partial charge in [-0.25, -0.2) is 0 Å². The SMILES string of the molecule is CCCCN(CC)CCC(NC1CC1)C(=O)OC. The maximum absolute atomic E-state index is 11.7. The van der Waals surface area contributed by atoms with E-state index in [2.05, 4.69) is 24.1 Å². The Morgan fingerprint density at radius 2 is 2.11 bits per heavy atom. The van der Waals surface area contributed by atoms with E-state index >= 15 is 0 Å². The van der Waals surface area contributed by atoms with Gasteiger partial charge in [-0.2, -0.15) is 0 Å². The van der Waals surface area contributed by atoms with Gasteiger partial charge in [0, 0.05) is 12.6 Å². The van der Waals surface area contributed by atoms with Crippen LogP contribution in [0.4, 0.5) is 0 Å². The summed E-state index contributed by atoms with van der Waals surface area (Å²) in [5, 5.41) is 3.38. The average Bonchev–Trinajstić information content (AvgIpc) is 3.20. The van der Waals surface area contributed by atoms with Gasteiger partial charge >= 0.3 is 5.97 Å². The van der Waals surface area contributed by atoms with Gasteiger partial charge < -0.3 is 15.0 Å². The summed E-state index contributed by atoms with van der Waals surface area (Å²) in [5.74, 6) is -0.117. The first-order valence-electron chi connectivity index (χ1n) is 7.27. The molecule has 0 aromatic heterocycles. The van der Waals surface area contributed by atoms with Crippen molar-refractivity contribution < 1.29 is 9.53 Å². The number of unbranched alkanes of at least 4 members (excludes halogenated alkanes) is 1. The summed E-state index contributed by atoms with van der Waals surface area (Å²) in [6.45, 7) is 7.54. The molecule has 0 saturated heterocycles. The molecule has 0 amide bonds. The summed E-state index contributed by atoms with van der Waals surface area (Å²) < 4.78 is 4.87. The van der Waals surface area contributed by atoms with Crippen molar-refractivity contribution >= 4 is 5.97 Å². The molecule has 0 radical (unpaired) electrons. The molecule has 0 aromatic carbocycles. The normalized spacial score (nSPS) is 16.9. The van der Waals surface area contributed by atoms with Gasteiger partial charge in [0.25, 0.3) is 0 Å². The minimum absolute atomic E-state index is 0.117. The van der Waals surface area contributed by atoms with Crippen LogP contribution in [0, 0.1) is 0 Å². The van der Waals surface area contributed by atoms with Crippen LogP contribution in [0.3, 0.4) is 0 Å². The van der Waals surface area contributed by atoms with Gasteiger partial charge in [-0.05, 0) is 38.8 Å². The first-order chi connectivity index (χ1) is 8.71. The van der Waals surface area contributed by atoms with Crippen LogP contribution in [0.1, 0.15) is 46.0 Å². The third-order valence-corrected chi connectivity index (χ3v) is 3.51. The highest BCUT2D eigenvalue weighted by molar-refractivity contribution is 5.75. The van der Waals surface area contributed by atoms with E-state index in [1.165, 1.54) is 32.8 Å². The van der Waals surface area contributed by atoms with Crippen molar-refractivity contribution in [1.29, 1.82) is 0 Å². The van der Waals surface area contributed by atoms with Crippen molar-refractivity contribution in [3.63, 3.8) is 0 Å². The largest absolute Gasteiger partial charge is 0.468 e. The summed E-state index contributed by atoms with van der Waals surface area (Å²) in [7, 11) is 1.47. The number of nitrogens with one attached hydrogen (secondary N) is 1. The van der Waals surface area contributed by atoms with Crippen LogP contribution in [-0.4, -0.2) is 49.7 Å². The minimum Gasteiger partial charge on any atom is -0.468 e. The van der Waals surface area contributed by atoms with E-state index in [0.29, 0.717) is 6.04 Å². The molecule has 1 rings (SSSR count). The zero-order valence-corrected chi connectivity index (χ0v) is 12.1. The lowest BCUT2D eigenvalue weighted by molar-refractivity contribution is -0.143. The van der Waals surface area contributed by atoms with Gasteiger partial charge in [0.1, 0.15) is 6.04 Å². The van der Waals surface area contributed by atoms with Gasteiger partial charge in [-0.1, -0.05) is 20.3 Å². The highest BCUT2D eigenvalue weighted by Gasteiger charge is 2.28. The number of nitrogens with zero attached hydrogens (tertiary/aromatic N) is 1. The van der Waals surface area contributed by atoms with Gasteiger partial charge in [-0.3, -0.25) is 4.79 Å². The van der Waals surface area contributed by atoms with Crippen LogP contribution in [0.5, 0.6) is 0 Å². The van der Waals surface area contributed by atoms with Crippen LogP contribution < -0.4 is 5.32 Å². The standard InChI is InChI=1S/C14H28N2O2/c1-4-6-10-16(5-2)11-9-13(14(17)18-3)15-12-7-8-12/h12-13,15H,4-11H2,1-3H3. The predicted octanol–water partition coefficient (Wildman–Crippen LogP) is 1.79. The number of hydrogen-bond donors (Lipinski definition) is 1. The van der Waals surface area contributed by atoms with Crippen molar-refractivity contribution in [1.82, 2.24) is 10.2 Å². The predicted molar refractivity (Wildman–Crippen MR) is 73.6 cm³/mol. The van der Waals surface area contributed by atoms with E-state index in [1.807, 2.05) is 0 Å². The number of esters is 1. The Kier molecular flexibility index (Phi) is 7.28. The van der Waals surface area contributed by atoms with Gasteiger partial charge in [0.15, 0.2) is 0 Å². The molecule has 4 nitrogen and oxygen atoms in total. The van der Waals surface area contributed by atoms with Crippen molar-refractivity contribution in [2.45, 2.75) is 58.0 Å². The van der Waals surface area contributed by atoms with E-state index in [0.717, 1.165) is 26.1 Å². The lowest BCUT2D eigenvalue weighted by Gasteiger charge is -2.23. The maximum atomic E-state index is 11.7. The maximum Gasteiger partial charge on any atom is 0.322 e. The third kappa shape index (κ3) is 5.83. The number of carbonyl (C=O) groups excluding carboxylic acids is 1. The Bertz CT molecular complexity index is 242. The van der Waals surface area contributed by atoms with Crippen LogP contribution in [0.25, 0.3) is 0 Å². The summed E-state index contributed by atoms with van der Waals surface area (Å²) in [6, 6.07) is 0.415. The first-order valence-corrected chi connectivity index (χ1v) is 7.27. The molecule has 1 unspecified atom stereocenters. The Balaban J connectivity index is 2.31. The molecule has 1 aliphatic carbocycles.